The molecule has 1 atom stereocenters. The average molecular weight is 374 g/mol. The second kappa shape index (κ2) is 5.15. The molecule has 0 unspecified atom stereocenters. The zero-order chi connectivity index (χ0) is 13.4. The monoisotopic (exact) mass is 372 g/mol. The molecule has 1 aromatic heterocycles. The minimum Gasteiger partial charge on any atom is -0.389 e. The molecule has 0 bridgehead atoms. The van der Waals surface area contributed by atoms with Crippen LogP contribution in [0.1, 0.15) is 30.0 Å². The van der Waals surface area contributed by atoms with Crippen LogP contribution >= 0.6 is 31.9 Å². The van der Waals surface area contributed by atoms with Crippen LogP contribution in [0.25, 0.3) is 5.69 Å². The van der Waals surface area contributed by atoms with Gasteiger partial charge in [0.15, 0.2) is 0 Å². The highest BCUT2D eigenvalue weighted by Crippen LogP contribution is 2.28. The molecule has 3 nitrogen and oxygen atoms in total. The summed E-state index contributed by atoms with van der Waals surface area (Å²) in [6.07, 6.45) is -0.486. The summed E-state index contributed by atoms with van der Waals surface area (Å²) < 4.78 is 3.80. The minimum absolute atomic E-state index is 0.486. The number of nitrogens with zero attached hydrogens (tertiary/aromatic N) is 2. The second-order valence-electron chi connectivity index (χ2n) is 4.28. The van der Waals surface area contributed by atoms with Crippen molar-refractivity contribution >= 4 is 31.9 Å². The minimum atomic E-state index is -0.486. The quantitative estimate of drug-likeness (QED) is 0.861. The first-order valence-corrected chi connectivity index (χ1v) is 7.20. The van der Waals surface area contributed by atoms with Gasteiger partial charge in [0.05, 0.1) is 27.7 Å². The third-order valence-corrected chi connectivity index (χ3v) is 4.72. The Bertz CT molecular complexity index is 591. The van der Waals surface area contributed by atoms with E-state index in [2.05, 4.69) is 37.0 Å². The molecular formula is C13H14Br2N2O. The van der Waals surface area contributed by atoms with Crippen LogP contribution in [0.15, 0.2) is 27.1 Å². The van der Waals surface area contributed by atoms with Crippen molar-refractivity contribution in [2.75, 3.05) is 0 Å². The van der Waals surface area contributed by atoms with Crippen molar-refractivity contribution in [1.29, 1.82) is 0 Å². The van der Waals surface area contributed by atoms with Gasteiger partial charge in [0.2, 0.25) is 0 Å². The molecule has 1 aromatic carbocycles. The lowest BCUT2D eigenvalue weighted by molar-refractivity contribution is 0.198. The van der Waals surface area contributed by atoms with Crippen LogP contribution in [0.3, 0.4) is 0 Å². The van der Waals surface area contributed by atoms with E-state index in [1.165, 1.54) is 0 Å². The maximum atomic E-state index is 9.61. The Balaban J connectivity index is 2.52. The van der Waals surface area contributed by atoms with Crippen LogP contribution in [0.4, 0.5) is 0 Å². The molecule has 5 heteroatoms. The third-order valence-electron chi connectivity index (χ3n) is 2.88. The summed E-state index contributed by atoms with van der Waals surface area (Å²) in [4.78, 5) is 0. The van der Waals surface area contributed by atoms with E-state index in [4.69, 9.17) is 0 Å². The highest BCUT2D eigenvalue weighted by molar-refractivity contribution is 9.10. The molecule has 0 aliphatic heterocycles. The lowest BCUT2D eigenvalue weighted by atomic mass is 10.1. The largest absolute Gasteiger partial charge is 0.389 e. The van der Waals surface area contributed by atoms with Crippen LogP contribution < -0.4 is 0 Å². The molecule has 1 N–H and O–H groups in total. The number of aliphatic hydroxyl groups is 1. The fourth-order valence-corrected chi connectivity index (χ4v) is 2.81. The first kappa shape index (κ1) is 13.8. The molecule has 18 heavy (non-hydrogen) atoms. The zero-order valence-electron chi connectivity index (χ0n) is 10.4. The van der Waals surface area contributed by atoms with Crippen LogP contribution in [0.5, 0.6) is 0 Å². The molecule has 96 valence electrons. The molecule has 0 spiro atoms. The predicted octanol–water partition coefficient (Wildman–Crippen LogP) is 4.07. The van der Waals surface area contributed by atoms with Gasteiger partial charge in [-0.2, -0.15) is 5.10 Å². The van der Waals surface area contributed by atoms with Crippen molar-refractivity contribution in [2.45, 2.75) is 26.9 Å². The van der Waals surface area contributed by atoms with Gasteiger partial charge in [0.25, 0.3) is 0 Å². The highest BCUT2D eigenvalue weighted by Gasteiger charge is 2.12. The van der Waals surface area contributed by atoms with Gasteiger partial charge in [0.1, 0.15) is 0 Å². The van der Waals surface area contributed by atoms with E-state index in [-0.39, 0.29) is 0 Å². The average Bonchev–Trinajstić information content (AvgIpc) is 2.56. The van der Waals surface area contributed by atoms with Crippen molar-refractivity contribution in [3.63, 3.8) is 0 Å². The van der Waals surface area contributed by atoms with Crippen molar-refractivity contribution in [3.8, 4) is 5.69 Å². The van der Waals surface area contributed by atoms with Crippen molar-refractivity contribution in [2.24, 2.45) is 0 Å². The number of hydrogen-bond donors (Lipinski definition) is 1. The third kappa shape index (κ3) is 2.39. The van der Waals surface area contributed by atoms with E-state index in [0.717, 1.165) is 31.6 Å². The summed E-state index contributed by atoms with van der Waals surface area (Å²) in [6.45, 7) is 5.73. The summed E-state index contributed by atoms with van der Waals surface area (Å²) in [5.74, 6) is 0. The second-order valence-corrected chi connectivity index (χ2v) is 5.93. The van der Waals surface area contributed by atoms with E-state index in [1.807, 2.05) is 36.7 Å². The highest BCUT2D eigenvalue weighted by atomic mass is 79.9. The van der Waals surface area contributed by atoms with Gasteiger partial charge in [-0.15, -0.1) is 0 Å². The molecule has 0 aliphatic carbocycles. The van der Waals surface area contributed by atoms with Gasteiger partial charge < -0.3 is 5.11 Å². The van der Waals surface area contributed by atoms with E-state index in [1.54, 1.807) is 6.92 Å². The Morgan fingerprint density at radius 2 is 1.94 bits per heavy atom. The molecule has 0 radical (unpaired) electrons. The van der Waals surface area contributed by atoms with Crippen LogP contribution in [0.2, 0.25) is 0 Å². The summed E-state index contributed by atoms with van der Waals surface area (Å²) in [5.41, 5.74) is 3.87. The van der Waals surface area contributed by atoms with Crippen LogP contribution in [-0.4, -0.2) is 14.9 Å². The number of hydrogen-bond acceptors (Lipinski definition) is 2. The Morgan fingerprint density at radius 1 is 1.28 bits per heavy atom. The van der Waals surface area contributed by atoms with Crippen LogP contribution in [0, 0.1) is 13.8 Å². The molecular weight excluding hydrogens is 360 g/mol. The molecule has 0 saturated carbocycles. The van der Waals surface area contributed by atoms with Crippen molar-refractivity contribution < 1.29 is 5.11 Å². The topological polar surface area (TPSA) is 38.0 Å². The fourth-order valence-electron chi connectivity index (χ4n) is 1.86. The van der Waals surface area contributed by atoms with E-state index < -0.39 is 6.10 Å². The van der Waals surface area contributed by atoms with Crippen LogP contribution in [-0.2, 0) is 0 Å². The number of rotatable bonds is 2. The summed E-state index contributed by atoms with van der Waals surface area (Å²) >= 11 is 7.00. The normalized spacial score (nSPS) is 12.8. The van der Waals surface area contributed by atoms with Gasteiger partial charge in [-0.1, -0.05) is 22.0 Å². The molecule has 2 aromatic rings. The van der Waals surface area contributed by atoms with Gasteiger partial charge in [-0.25, -0.2) is 4.68 Å². The molecule has 0 amide bonds. The number of halogens is 2. The Kier molecular flexibility index (Phi) is 3.94. The first-order chi connectivity index (χ1) is 8.41. The van der Waals surface area contributed by atoms with Gasteiger partial charge in [-0.3, -0.25) is 0 Å². The molecule has 2 rings (SSSR count). The number of aliphatic hydroxyl groups excluding tert-OH is 1. The standard InChI is InChI=1S/C13H14Br2N2O/c1-7-13(15)8(2)17(16-7)10-4-5-11(9(3)18)12(14)6-10/h4-6,9,18H,1-3H3/t9-/m1/s1. The lowest BCUT2D eigenvalue weighted by Gasteiger charge is -2.10. The van der Waals surface area contributed by atoms with E-state index in [9.17, 15) is 5.11 Å². The SMILES string of the molecule is Cc1nn(-c2ccc([C@@H](C)O)c(Br)c2)c(C)c1Br. The smallest absolute Gasteiger partial charge is 0.0772 e. The van der Waals surface area contributed by atoms with Gasteiger partial charge >= 0.3 is 0 Å². The van der Waals surface area contributed by atoms with E-state index in [0.29, 0.717) is 0 Å². The number of aryl methyl sites for hydroxylation is 1. The maximum absolute atomic E-state index is 9.61. The Hall–Kier alpha value is -0.650. The van der Waals surface area contributed by atoms with Gasteiger partial charge in [0, 0.05) is 4.47 Å². The lowest BCUT2D eigenvalue weighted by Crippen LogP contribution is -2.01. The number of aromatic nitrogens is 2. The Labute approximate surface area is 123 Å². The summed E-state index contributed by atoms with van der Waals surface area (Å²) in [7, 11) is 0. The van der Waals surface area contributed by atoms with E-state index >= 15 is 0 Å². The predicted molar refractivity (Wildman–Crippen MR) is 79.1 cm³/mol. The van der Waals surface area contributed by atoms with Crippen molar-refractivity contribution in [3.05, 3.63) is 44.1 Å². The Morgan fingerprint density at radius 3 is 2.39 bits per heavy atom. The summed E-state index contributed by atoms with van der Waals surface area (Å²) in [5, 5.41) is 14.1. The number of benzene rings is 1. The first-order valence-electron chi connectivity index (χ1n) is 5.61. The van der Waals surface area contributed by atoms with Gasteiger partial charge in [-0.05, 0) is 54.4 Å². The molecule has 0 saturated heterocycles. The van der Waals surface area contributed by atoms with Crippen molar-refractivity contribution in [1.82, 2.24) is 9.78 Å². The molecule has 0 aliphatic rings. The molecule has 0 fully saturated rings. The fraction of sp³-hybridized carbons (Fsp3) is 0.308. The maximum Gasteiger partial charge on any atom is 0.0772 e. The molecule has 1 heterocycles. The zero-order valence-corrected chi connectivity index (χ0v) is 13.6. The summed E-state index contributed by atoms with van der Waals surface area (Å²) in [6, 6.07) is 5.83.